The monoisotopic (exact) mass is 408 g/mol. The van der Waals surface area contributed by atoms with Crippen molar-refractivity contribution in [3.8, 4) is 0 Å². The maximum absolute atomic E-state index is 12.6. The van der Waals surface area contributed by atoms with E-state index in [1.54, 1.807) is 0 Å². The Bertz CT molecular complexity index is 666. The average Bonchev–Trinajstić information content (AvgIpc) is 3.08. The molecule has 1 fully saturated rings. The molecule has 0 N–H and O–H groups in total. The molecule has 146 valence electrons. The summed E-state index contributed by atoms with van der Waals surface area (Å²) in [5, 5.41) is 0. The molecule has 0 saturated carbocycles. The Kier molecular flexibility index (Phi) is 6.81. The summed E-state index contributed by atoms with van der Waals surface area (Å²) in [6.07, 6.45) is 12.5. The minimum absolute atomic E-state index is 0.340. The molecule has 0 radical (unpaired) electrons. The second-order valence-corrected chi connectivity index (χ2v) is 8.96. The van der Waals surface area contributed by atoms with E-state index in [4.69, 9.17) is 0 Å². The van der Waals surface area contributed by atoms with Crippen molar-refractivity contribution in [3.63, 3.8) is 0 Å². The zero-order chi connectivity index (χ0) is 19.4. The van der Waals surface area contributed by atoms with Crippen molar-refractivity contribution < 1.29 is 19.2 Å². The van der Waals surface area contributed by atoms with Crippen LogP contribution in [0.5, 0.6) is 0 Å². The molecule has 4 amide bonds. The topological polar surface area (TPSA) is 74.8 Å². The summed E-state index contributed by atoms with van der Waals surface area (Å²) >= 11 is 0. The lowest BCUT2D eigenvalue weighted by atomic mass is 9.86. The van der Waals surface area contributed by atoms with Crippen LogP contribution < -0.4 is 0 Å². The summed E-state index contributed by atoms with van der Waals surface area (Å²) in [7, 11) is 1.66. The van der Waals surface area contributed by atoms with Crippen molar-refractivity contribution >= 4 is 45.6 Å². The van der Waals surface area contributed by atoms with Crippen LogP contribution in [0.2, 0.25) is 0 Å². The van der Waals surface area contributed by atoms with Gasteiger partial charge in [-0.2, -0.15) is 0 Å². The lowest BCUT2D eigenvalue weighted by molar-refractivity contribution is -0.132. The van der Waals surface area contributed by atoms with Gasteiger partial charge < -0.3 is 0 Å². The van der Waals surface area contributed by atoms with Gasteiger partial charge >= 0.3 is 0 Å². The quantitative estimate of drug-likeness (QED) is 0.249. The molecular weight excluding hydrogens is 384 g/mol. The second kappa shape index (κ2) is 9.10. The van der Waals surface area contributed by atoms with Crippen LogP contribution in [0, 0.1) is 5.92 Å². The predicted molar refractivity (Wildman–Crippen MR) is 106 cm³/mol. The molecule has 4 bridgehead atoms. The summed E-state index contributed by atoms with van der Waals surface area (Å²) in [6, 6.07) is 0. The summed E-state index contributed by atoms with van der Waals surface area (Å²) in [5.74, 6) is -1.99. The van der Waals surface area contributed by atoms with Crippen LogP contribution in [0.15, 0.2) is 23.3 Å². The van der Waals surface area contributed by atoms with Crippen LogP contribution in [0.1, 0.15) is 64.7 Å². The van der Waals surface area contributed by atoms with Crippen LogP contribution in [0.4, 0.5) is 0 Å². The van der Waals surface area contributed by atoms with Gasteiger partial charge in [-0.25, -0.2) is 8.61 Å². The van der Waals surface area contributed by atoms with Crippen LogP contribution in [-0.2, 0) is 19.2 Å². The zero-order valence-corrected chi connectivity index (χ0v) is 17.1. The molecule has 0 aromatic rings. The molecule has 0 aromatic carbocycles. The van der Waals surface area contributed by atoms with E-state index in [-0.39, 0.29) is 11.8 Å². The van der Waals surface area contributed by atoms with Gasteiger partial charge in [0.15, 0.2) is 0 Å². The van der Waals surface area contributed by atoms with Gasteiger partial charge in [-0.1, -0.05) is 58.3 Å². The highest BCUT2D eigenvalue weighted by Gasteiger charge is 2.45. The molecule has 1 saturated heterocycles. The van der Waals surface area contributed by atoms with E-state index in [9.17, 15) is 19.2 Å². The lowest BCUT2D eigenvalue weighted by Crippen LogP contribution is -2.25. The van der Waals surface area contributed by atoms with Gasteiger partial charge in [-0.05, 0) is 6.42 Å². The van der Waals surface area contributed by atoms with Crippen LogP contribution >= 0.6 is 22.0 Å². The average molecular weight is 409 g/mol. The van der Waals surface area contributed by atoms with E-state index >= 15 is 0 Å². The molecular formula is C19H24N2O4S2. The van der Waals surface area contributed by atoms with Crippen molar-refractivity contribution in [1.29, 1.82) is 0 Å². The van der Waals surface area contributed by atoms with E-state index in [0.717, 1.165) is 49.8 Å². The normalized spacial score (nSPS) is 20.0. The maximum atomic E-state index is 12.6. The molecule has 3 aliphatic heterocycles. The third kappa shape index (κ3) is 4.32. The van der Waals surface area contributed by atoms with Gasteiger partial charge in [0.2, 0.25) is 0 Å². The smallest absolute Gasteiger partial charge is 0.268 e. The summed E-state index contributed by atoms with van der Waals surface area (Å²) < 4.78 is 2.06. The first-order chi connectivity index (χ1) is 13.0. The molecule has 0 aromatic heterocycles. The zero-order valence-electron chi connectivity index (χ0n) is 15.4. The van der Waals surface area contributed by atoms with E-state index in [1.165, 1.54) is 44.3 Å². The molecule has 0 spiro atoms. The first kappa shape index (κ1) is 20.2. The fourth-order valence-corrected chi connectivity index (χ4v) is 5.59. The molecule has 27 heavy (non-hydrogen) atoms. The second-order valence-electron chi connectivity index (χ2n) is 7.04. The third-order valence-electron chi connectivity index (χ3n) is 5.10. The van der Waals surface area contributed by atoms with Crippen LogP contribution in [0.3, 0.4) is 0 Å². The highest BCUT2D eigenvalue weighted by atomic mass is 33.1. The molecule has 0 aliphatic carbocycles. The minimum Gasteiger partial charge on any atom is -0.268 e. The number of rotatable bonds is 9. The largest absolute Gasteiger partial charge is 0.268 e. The Hall–Kier alpha value is -1.54. The molecule has 3 rings (SSSR count). The standard InChI is InChI=1S/C19H24N2O4S2/c1-2-3-4-5-6-7-8-9-10-13-14-11-16(22)20(18(14)24)26-27-21-17(23)12-15(13)19(21)25/h11-13H,2-10H2,1H3. The predicted octanol–water partition coefficient (Wildman–Crippen LogP) is 3.95. The highest BCUT2D eigenvalue weighted by molar-refractivity contribution is 8.75. The fraction of sp³-hybridized carbons (Fsp3) is 0.579. The first-order valence-electron chi connectivity index (χ1n) is 9.59. The molecule has 3 heterocycles. The molecule has 0 atom stereocenters. The SMILES string of the molecule is CCCCCCCCCCC1C2=CC(=O)N(SSN3C(=O)C=C1C3=O)C2=O. The summed E-state index contributed by atoms with van der Waals surface area (Å²) in [4.78, 5) is 49.4. The van der Waals surface area contributed by atoms with Gasteiger partial charge in [-0.3, -0.25) is 19.2 Å². The number of hydrogen-bond donors (Lipinski definition) is 0. The van der Waals surface area contributed by atoms with Crippen molar-refractivity contribution in [1.82, 2.24) is 8.61 Å². The Morgan fingerprint density at radius 3 is 1.67 bits per heavy atom. The van der Waals surface area contributed by atoms with Crippen molar-refractivity contribution in [3.05, 3.63) is 23.3 Å². The van der Waals surface area contributed by atoms with Gasteiger partial charge in [0.1, 0.15) is 0 Å². The van der Waals surface area contributed by atoms with E-state index in [1.807, 2.05) is 0 Å². The summed E-state index contributed by atoms with van der Waals surface area (Å²) in [6.45, 7) is 2.20. The first-order valence-corrected chi connectivity index (χ1v) is 11.7. The number of unbranched alkanes of at least 4 members (excludes halogenated alkanes) is 7. The molecule has 3 aliphatic rings. The minimum atomic E-state index is -0.479. The Morgan fingerprint density at radius 1 is 0.741 bits per heavy atom. The highest BCUT2D eigenvalue weighted by Crippen LogP contribution is 2.44. The summed E-state index contributed by atoms with van der Waals surface area (Å²) in [5.41, 5.74) is 0.680. The number of nitrogens with zero attached hydrogens (tertiary/aromatic N) is 2. The van der Waals surface area contributed by atoms with Gasteiger partial charge in [0.05, 0.1) is 22.0 Å². The molecule has 6 nitrogen and oxygen atoms in total. The number of fused-ring (bicyclic) bond motifs is 4. The number of hydrogen-bond acceptors (Lipinski definition) is 6. The van der Waals surface area contributed by atoms with Crippen molar-refractivity contribution in [2.45, 2.75) is 64.7 Å². The van der Waals surface area contributed by atoms with E-state index in [0.29, 0.717) is 17.6 Å². The molecule has 0 unspecified atom stereocenters. The fourth-order valence-electron chi connectivity index (χ4n) is 3.61. The van der Waals surface area contributed by atoms with Crippen LogP contribution in [-0.4, -0.2) is 32.2 Å². The Morgan fingerprint density at radius 2 is 1.19 bits per heavy atom. The Balaban J connectivity index is 1.65. The van der Waals surface area contributed by atoms with Crippen molar-refractivity contribution in [2.75, 3.05) is 0 Å². The van der Waals surface area contributed by atoms with E-state index in [2.05, 4.69) is 6.92 Å². The number of carbonyl (C=O) groups excluding carboxylic acids is 4. The van der Waals surface area contributed by atoms with Gasteiger partial charge in [0.25, 0.3) is 23.6 Å². The third-order valence-corrected chi connectivity index (χ3v) is 7.25. The number of imide groups is 2. The lowest BCUT2D eigenvalue weighted by Gasteiger charge is -2.17. The molecule has 8 heteroatoms. The van der Waals surface area contributed by atoms with Gasteiger partial charge in [0, 0.05) is 29.2 Å². The maximum Gasteiger partial charge on any atom is 0.268 e. The van der Waals surface area contributed by atoms with Gasteiger partial charge in [-0.15, -0.1) is 0 Å². The van der Waals surface area contributed by atoms with E-state index < -0.39 is 17.7 Å². The van der Waals surface area contributed by atoms with Crippen molar-refractivity contribution in [2.24, 2.45) is 5.92 Å². The number of amides is 4. The Labute approximate surface area is 167 Å². The number of carbonyl (C=O) groups is 4. The van der Waals surface area contributed by atoms with Crippen LogP contribution in [0.25, 0.3) is 0 Å².